The predicted octanol–water partition coefficient (Wildman–Crippen LogP) is 2.90. The standard InChI is InChI=1S/C20H25FN2O5/c21-15-3-1-5-18-20(15)13-6-8-14(9-7-13)27-11-17-16(23(25)26)4-2-10-22(17)19(24)12-28-18/h1,3,5,13-14,16-17H,2,4,6-12H2. The molecule has 5 rings (SSSR count). The Balaban J connectivity index is 1.65. The first-order chi connectivity index (χ1) is 13.5. The van der Waals surface area contributed by atoms with Crippen LogP contribution in [0, 0.1) is 15.9 Å². The Morgan fingerprint density at radius 3 is 2.71 bits per heavy atom. The van der Waals surface area contributed by atoms with Crippen LogP contribution in [0.15, 0.2) is 18.2 Å². The van der Waals surface area contributed by atoms with Crippen molar-refractivity contribution in [1.29, 1.82) is 0 Å². The number of piperidine rings is 1. The van der Waals surface area contributed by atoms with Gasteiger partial charge in [0.2, 0.25) is 6.04 Å². The lowest BCUT2D eigenvalue weighted by molar-refractivity contribution is -0.534. The molecule has 0 spiro atoms. The lowest BCUT2D eigenvalue weighted by Gasteiger charge is -2.37. The van der Waals surface area contributed by atoms with E-state index in [1.54, 1.807) is 12.1 Å². The highest BCUT2D eigenvalue weighted by Gasteiger charge is 2.42. The van der Waals surface area contributed by atoms with E-state index >= 15 is 0 Å². The molecule has 0 N–H and O–H groups in total. The van der Waals surface area contributed by atoms with Crippen molar-refractivity contribution in [3.63, 3.8) is 0 Å². The quantitative estimate of drug-likeness (QED) is 0.542. The number of fused-ring (bicyclic) bond motifs is 5. The average molecular weight is 392 g/mol. The van der Waals surface area contributed by atoms with Gasteiger partial charge in [-0.25, -0.2) is 4.39 Å². The minimum atomic E-state index is -0.830. The van der Waals surface area contributed by atoms with Crippen molar-refractivity contribution in [2.75, 3.05) is 19.8 Å². The molecule has 2 fully saturated rings. The minimum absolute atomic E-state index is 0.0144. The lowest BCUT2D eigenvalue weighted by Crippen LogP contribution is -2.57. The number of ether oxygens (including phenoxy) is 2. The number of nitro groups is 1. The van der Waals surface area contributed by atoms with Gasteiger partial charge >= 0.3 is 0 Å². The molecular formula is C20H25FN2O5. The third-order valence-electron chi connectivity index (χ3n) is 6.28. The topological polar surface area (TPSA) is 81.9 Å². The predicted molar refractivity (Wildman–Crippen MR) is 98.4 cm³/mol. The SMILES string of the molecule is O=C1COc2cccc(F)c2C2CCC(CC2)OCC2C([N+](=O)[O-])CCCN12. The second-order valence-corrected chi connectivity index (χ2v) is 7.90. The first-order valence-corrected chi connectivity index (χ1v) is 10.0. The maximum Gasteiger partial charge on any atom is 0.261 e. The van der Waals surface area contributed by atoms with E-state index in [4.69, 9.17) is 9.47 Å². The maximum atomic E-state index is 14.6. The van der Waals surface area contributed by atoms with Gasteiger partial charge in [0.25, 0.3) is 5.91 Å². The van der Waals surface area contributed by atoms with Gasteiger partial charge in [-0.05, 0) is 50.2 Å². The van der Waals surface area contributed by atoms with Crippen LogP contribution < -0.4 is 4.74 Å². The Morgan fingerprint density at radius 1 is 1.18 bits per heavy atom. The molecule has 28 heavy (non-hydrogen) atoms. The van der Waals surface area contributed by atoms with Crippen LogP contribution in [0.2, 0.25) is 0 Å². The first-order valence-electron chi connectivity index (χ1n) is 10.0. The zero-order chi connectivity index (χ0) is 19.7. The molecule has 8 heteroatoms. The average Bonchev–Trinajstić information content (AvgIpc) is 2.71. The van der Waals surface area contributed by atoms with Gasteiger partial charge in [0.1, 0.15) is 17.6 Å². The Hall–Kier alpha value is -2.22. The molecule has 1 aliphatic carbocycles. The minimum Gasteiger partial charge on any atom is -0.483 e. The van der Waals surface area contributed by atoms with E-state index in [-0.39, 0.29) is 41.9 Å². The van der Waals surface area contributed by atoms with E-state index in [1.807, 2.05) is 0 Å². The largest absolute Gasteiger partial charge is 0.483 e. The lowest BCUT2D eigenvalue weighted by atomic mass is 9.82. The fraction of sp³-hybridized carbons (Fsp3) is 0.650. The summed E-state index contributed by atoms with van der Waals surface area (Å²) in [5.41, 5.74) is 0.534. The normalized spacial score (nSPS) is 30.9. The third-order valence-corrected chi connectivity index (χ3v) is 6.28. The molecule has 0 aromatic heterocycles. The summed E-state index contributed by atoms with van der Waals surface area (Å²) >= 11 is 0. The summed E-state index contributed by atoms with van der Waals surface area (Å²) in [4.78, 5) is 25.6. The molecule has 1 saturated heterocycles. The molecule has 1 saturated carbocycles. The van der Waals surface area contributed by atoms with Gasteiger partial charge in [-0.1, -0.05) is 6.07 Å². The third kappa shape index (κ3) is 3.70. The molecular weight excluding hydrogens is 367 g/mol. The molecule has 3 aliphatic heterocycles. The molecule has 4 aliphatic rings. The Labute approximate surface area is 162 Å². The number of hydrogen-bond acceptors (Lipinski definition) is 5. The van der Waals surface area contributed by atoms with Crippen LogP contribution in [0.25, 0.3) is 0 Å². The molecule has 2 bridgehead atoms. The fourth-order valence-electron chi connectivity index (χ4n) is 4.81. The van der Waals surface area contributed by atoms with Crippen molar-refractivity contribution in [3.05, 3.63) is 39.7 Å². The fourth-order valence-corrected chi connectivity index (χ4v) is 4.81. The summed E-state index contributed by atoms with van der Waals surface area (Å²) < 4.78 is 26.3. The second kappa shape index (κ2) is 8.03. The molecule has 7 nitrogen and oxygen atoms in total. The van der Waals surface area contributed by atoms with Crippen LogP contribution in [0.4, 0.5) is 4.39 Å². The van der Waals surface area contributed by atoms with Crippen LogP contribution in [-0.2, 0) is 9.53 Å². The van der Waals surface area contributed by atoms with E-state index in [2.05, 4.69) is 0 Å². The van der Waals surface area contributed by atoms with Crippen molar-refractivity contribution in [2.24, 2.45) is 0 Å². The highest BCUT2D eigenvalue weighted by molar-refractivity contribution is 5.78. The molecule has 1 aromatic rings. The van der Waals surface area contributed by atoms with Crippen molar-refractivity contribution in [3.8, 4) is 5.75 Å². The van der Waals surface area contributed by atoms with Gasteiger partial charge in [-0.3, -0.25) is 14.9 Å². The number of nitrogens with zero attached hydrogens (tertiary/aromatic N) is 2. The smallest absolute Gasteiger partial charge is 0.261 e. The van der Waals surface area contributed by atoms with Gasteiger partial charge < -0.3 is 14.4 Å². The van der Waals surface area contributed by atoms with Gasteiger partial charge in [-0.2, -0.15) is 0 Å². The highest BCUT2D eigenvalue weighted by Crippen LogP contribution is 2.40. The zero-order valence-corrected chi connectivity index (χ0v) is 15.7. The molecule has 2 atom stereocenters. The van der Waals surface area contributed by atoms with Gasteiger partial charge in [-0.15, -0.1) is 0 Å². The van der Waals surface area contributed by atoms with Crippen molar-refractivity contribution in [1.82, 2.24) is 4.90 Å². The molecule has 1 amide bonds. The second-order valence-electron chi connectivity index (χ2n) is 7.90. The summed E-state index contributed by atoms with van der Waals surface area (Å²) in [5.74, 6) is -0.201. The number of halogens is 1. The summed E-state index contributed by atoms with van der Waals surface area (Å²) in [6.45, 7) is 0.353. The molecule has 3 heterocycles. The Morgan fingerprint density at radius 2 is 1.96 bits per heavy atom. The first kappa shape index (κ1) is 19.1. The van der Waals surface area contributed by atoms with Crippen LogP contribution in [-0.4, -0.2) is 53.7 Å². The number of carbonyl (C=O) groups is 1. The van der Waals surface area contributed by atoms with Gasteiger partial charge in [0.15, 0.2) is 6.61 Å². The number of benzene rings is 1. The molecule has 0 radical (unpaired) electrons. The van der Waals surface area contributed by atoms with Crippen LogP contribution in [0.1, 0.15) is 50.0 Å². The van der Waals surface area contributed by atoms with E-state index in [0.29, 0.717) is 30.7 Å². The van der Waals surface area contributed by atoms with E-state index in [0.717, 1.165) is 25.7 Å². The summed E-state index contributed by atoms with van der Waals surface area (Å²) in [5, 5.41) is 11.5. The number of amides is 1. The number of rotatable bonds is 1. The highest BCUT2D eigenvalue weighted by atomic mass is 19.1. The monoisotopic (exact) mass is 392 g/mol. The van der Waals surface area contributed by atoms with Crippen molar-refractivity contribution in [2.45, 2.75) is 62.6 Å². The van der Waals surface area contributed by atoms with Gasteiger partial charge in [0, 0.05) is 23.5 Å². The summed E-state index contributed by atoms with van der Waals surface area (Å²) in [6, 6.07) is 3.28. The van der Waals surface area contributed by atoms with Crippen LogP contribution >= 0.6 is 0 Å². The zero-order valence-electron chi connectivity index (χ0n) is 15.7. The molecule has 2 unspecified atom stereocenters. The number of hydrogen-bond donors (Lipinski definition) is 0. The van der Waals surface area contributed by atoms with E-state index in [9.17, 15) is 19.3 Å². The molecule has 1 aromatic carbocycles. The Bertz CT molecular complexity index is 750. The Kier molecular flexibility index (Phi) is 5.48. The van der Waals surface area contributed by atoms with E-state index < -0.39 is 12.1 Å². The molecule has 152 valence electrons. The van der Waals surface area contributed by atoms with Crippen LogP contribution in [0.3, 0.4) is 0 Å². The van der Waals surface area contributed by atoms with Crippen LogP contribution in [0.5, 0.6) is 5.75 Å². The summed E-state index contributed by atoms with van der Waals surface area (Å²) in [6.07, 6.45) is 4.06. The summed E-state index contributed by atoms with van der Waals surface area (Å²) in [7, 11) is 0. The van der Waals surface area contributed by atoms with Crippen molar-refractivity contribution < 1.29 is 23.6 Å². The van der Waals surface area contributed by atoms with Crippen molar-refractivity contribution >= 4 is 5.91 Å². The van der Waals surface area contributed by atoms with Gasteiger partial charge in [0.05, 0.1) is 12.7 Å². The number of carbonyl (C=O) groups excluding carboxylic acids is 1. The maximum absolute atomic E-state index is 14.6. The van der Waals surface area contributed by atoms with E-state index in [1.165, 1.54) is 11.0 Å².